The molecule has 0 spiro atoms. The molecule has 0 saturated heterocycles. The number of hydrogen-bond acceptors (Lipinski definition) is 9. The zero-order valence-electron chi connectivity index (χ0n) is 18.4. The molecule has 17 heteroatoms. The molecular formula is C19H17F4N3O8S2. The molecule has 11 nitrogen and oxygen atoms in total. The van der Waals surface area contributed by atoms with E-state index in [4.69, 9.17) is 4.74 Å². The van der Waals surface area contributed by atoms with Crippen molar-refractivity contribution in [2.75, 3.05) is 30.8 Å². The predicted molar refractivity (Wildman–Crippen MR) is 117 cm³/mol. The van der Waals surface area contributed by atoms with Crippen molar-refractivity contribution in [1.82, 2.24) is 9.61 Å². The van der Waals surface area contributed by atoms with Crippen LogP contribution >= 0.6 is 0 Å². The second kappa shape index (κ2) is 9.55. The van der Waals surface area contributed by atoms with Crippen LogP contribution in [0.5, 0.6) is 5.75 Å². The SMILES string of the molecule is COC(=O)c1c(-c2ccc(F)cc2)nn2cc(N(CCO)S(C)(=O)=O)c(OS(=O)(=O)C(F)(F)F)cc12. The number of methoxy groups -OCH3 is 1. The van der Waals surface area contributed by atoms with Crippen molar-refractivity contribution in [1.29, 1.82) is 0 Å². The van der Waals surface area contributed by atoms with E-state index in [2.05, 4.69) is 9.28 Å². The van der Waals surface area contributed by atoms with E-state index in [1.165, 1.54) is 12.1 Å². The number of fused-ring (bicyclic) bond motifs is 1. The molecule has 36 heavy (non-hydrogen) atoms. The van der Waals surface area contributed by atoms with Gasteiger partial charge in [-0.05, 0) is 24.3 Å². The number of alkyl halides is 3. The number of carbonyl (C=O) groups is 1. The van der Waals surface area contributed by atoms with Crippen LogP contribution in [0.25, 0.3) is 16.8 Å². The lowest BCUT2D eigenvalue weighted by molar-refractivity contribution is -0.0499. The first kappa shape index (κ1) is 27.2. The quantitative estimate of drug-likeness (QED) is 0.191. The van der Waals surface area contributed by atoms with Crippen LogP contribution in [0.15, 0.2) is 36.5 Å². The third kappa shape index (κ3) is 5.21. The number of anilines is 1. The Balaban J connectivity index is 2.42. The van der Waals surface area contributed by atoms with Gasteiger partial charge in [-0.1, -0.05) is 0 Å². The largest absolute Gasteiger partial charge is 0.534 e. The number of carbonyl (C=O) groups excluding carboxylic acids is 1. The summed E-state index contributed by atoms with van der Waals surface area (Å²) >= 11 is 0. The van der Waals surface area contributed by atoms with Gasteiger partial charge in [-0.15, -0.1) is 0 Å². The van der Waals surface area contributed by atoms with Gasteiger partial charge in [0.25, 0.3) is 0 Å². The second-order valence-electron chi connectivity index (χ2n) is 7.12. The highest BCUT2D eigenvalue weighted by atomic mass is 32.2. The maximum atomic E-state index is 13.4. The van der Waals surface area contributed by atoms with E-state index in [9.17, 15) is 44.3 Å². The summed E-state index contributed by atoms with van der Waals surface area (Å²) in [4.78, 5) is 12.6. The molecule has 0 unspecified atom stereocenters. The highest BCUT2D eigenvalue weighted by Crippen LogP contribution is 2.38. The molecule has 3 rings (SSSR count). The van der Waals surface area contributed by atoms with Gasteiger partial charge in [0, 0.05) is 11.6 Å². The summed E-state index contributed by atoms with van der Waals surface area (Å²) in [7, 11) is -9.60. The molecule has 0 aliphatic carbocycles. The molecule has 0 bridgehead atoms. The van der Waals surface area contributed by atoms with Gasteiger partial charge in [-0.3, -0.25) is 4.31 Å². The van der Waals surface area contributed by atoms with Crippen LogP contribution in [0.4, 0.5) is 23.2 Å². The van der Waals surface area contributed by atoms with Gasteiger partial charge in [0.1, 0.15) is 22.8 Å². The Kier molecular flexibility index (Phi) is 7.20. The van der Waals surface area contributed by atoms with Crippen LogP contribution < -0.4 is 8.49 Å². The zero-order valence-corrected chi connectivity index (χ0v) is 20.0. The Morgan fingerprint density at radius 2 is 1.78 bits per heavy atom. The van der Waals surface area contributed by atoms with Crippen molar-refractivity contribution in [3.05, 3.63) is 47.9 Å². The molecule has 0 atom stereocenters. The third-order valence-corrected chi connectivity index (χ3v) is 6.82. The summed E-state index contributed by atoms with van der Waals surface area (Å²) in [5, 5.41) is 13.4. The first-order valence-electron chi connectivity index (χ1n) is 9.60. The van der Waals surface area contributed by atoms with E-state index in [1.54, 1.807) is 0 Å². The lowest BCUT2D eigenvalue weighted by atomic mass is 10.1. The molecule has 1 N–H and O–H groups in total. The summed E-state index contributed by atoms with van der Waals surface area (Å²) < 4.78 is 111. The number of benzene rings is 1. The lowest BCUT2D eigenvalue weighted by Gasteiger charge is -2.24. The van der Waals surface area contributed by atoms with Gasteiger partial charge in [0.2, 0.25) is 10.0 Å². The highest BCUT2D eigenvalue weighted by Gasteiger charge is 2.49. The van der Waals surface area contributed by atoms with E-state index in [1.807, 2.05) is 0 Å². The monoisotopic (exact) mass is 555 g/mol. The van der Waals surface area contributed by atoms with Crippen molar-refractivity contribution >= 4 is 37.3 Å². The number of pyridine rings is 1. The first-order valence-corrected chi connectivity index (χ1v) is 12.9. The minimum atomic E-state index is -6.30. The van der Waals surface area contributed by atoms with Crippen LogP contribution in [0.2, 0.25) is 0 Å². The van der Waals surface area contributed by atoms with Crippen molar-refractivity contribution in [2.45, 2.75) is 5.51 Å². The average molecular weight is 555 g/mol. The van der Waals surface area contributed by atoms with Gasteiger partial charge in [0.05, 0.1) is 38.2 Å². The van der Waals surface area contributed by atoms with Crippen LogP contribution in [0, 0.1) is 5.82 Å². The lowest BCUT2D eigenvalue weighted by Crippen LogP contribution is -2.34. The Morgan fingerprint density at radius 3 is 2.28 bits per heavy atom. The molecular weight excluding hydrogens is 538 g/mol. The Labute approximate surface area is 201 Å². The fraction of sp³-hybridized carbons (Fsp3) is 0.263. The number of esters is 1. The number of nitrogens with zero attached hydrogens (tertiary/aromatic N) is 3. The van der Waals surface area contributed by atoms with E-state index in [0.29, 0.717) is 16.6 Å². The van der Waals surface area contributed by atoms with E-state index in [0.717, 1.165) is 30.0 Å². The minimum Gasteiger partial charge on any atom is -0.465 e. The standard InChI is InChI=1S/C19H17F4N3O8S2/c1-33-18(28)16-13-9-15(34-36(31,32)19(21,22)23)14(26(7-8-27)35(2,29)30)10-25(13)24-17(16)11-3-5-12(20)6-4-11/h3-6,9-10,27H,7-8H2,1-2H3. The highest BCUT2D eigenvalue weighted by molar-refractivity contribution is 7.92. The number of halogens is 4. The van der Waals surface area contributed by atoms with Crippen molar-refractivity contribution in [3.8, 4) is 17.0 Å². The van der Waals surface area contributed by atoms with Crippen molar-refractivity contribution in [3.63, 3.8) is 0 Å². The molecule has 0 radical (unpaired) electrons. The fourth-order valence-electron chi connectivity index (χ4n) is 3.15. The molecule has 0 aliphatic rings. The van der Waals surface area contributed by atoms with Crippen molar-refractivity contribution in [2.24, 2.45) is 0 Å². The Morgan fingerprint density at radius 1 is 1.17 bits per heavy atom. The van der Waals surface area contributed by atoms with E-state index >= 15 is 0 Å². The predicted octanol–water partition coefficient (Wildman–Crippen LogP) is 1.91. The zero-order chi connectivity index (χ0) is 27.1. The van der Waals surface area contributed by atoms with E-state index < -0.39 is 62.0 Å². The van der Waals surface area contributed by atoms with Crippen LogP contribution in [0.3, 0.4) is 0 Å². The number of aliphatic hydroxyl groups excluding tert-OH is 1. The second-order valence-corrected chi connectivity index (χ2v) is 10.6. The molecule has 3 aromatic rings. The van der Waals surface area contributed by atoms with E-state index in [-0.39, 0.29) is 22.3 Å². The number of aliphatic hydroxyl groups is 1. The summed E-state index contributed by atoms with van der Waals surface area (Å²) in [6, 6.07) is 5.22. The smallest absolute Gasteiger partial charge is 0.465 e. The van der Waals surface area contributed by atoms with Crippen LogP contribution in [-0.4, -0.2) is 69.6 Å². The third-order valence-electron chi connectivity index (χ3n) is 4.67. The summed E-state index contributed by atoms with van der Waals surface area (Å²) in [6.07, 6.45) is 1.45. The molecule has 0 fully saturated rings. The first-order chi connectivity index (χ1) is 16.6. The van der Waals surface area contributed by atoms with Gasteiger partial charge in [0.15, 0.2) is 5.75 Å². The molecule has 1 aromatic carbocycles. The van der Waals surface area contributed by atoms with Crippen molar-refractivity contribution < 1.29 is 53.2 Å². The minimum absolute atomic E-state index is 0.142. The summed E-state index contributed by atoms with van der Waals surface area (Å²) in [5.41, 5.74) is -7.28. The molecule has 0 aliphatic heterocycles. The molecule has 2 heterocycles. The maximum absolute atomic E-state index is 13.4. The number of hydrogen-bond donors (Lipinski definition) is 1. The van der Waals surface area contributed by atoms with Crippen LogP contribution in [0.1, 0.15) is 10.4 Å². The molecule has 0 saturated carbocycles. The number of sulfonamides is 1. The van der Waals surface area contributed by atoms with Gasteiger partial charge in [-0.2, -0.15) is 26.7 Å². The maximum Gasteiger partial charge on any atom is 0.534 e. The number of rotatable bonds is 8. The van der Waals surface area contributed by atoms with Crippen LogP contribution in [-0.2, 0) is 24.9 Å². The Bertz CT molecular complexity index is 1520. The molecule has 196 valence electrons. The van der Waals surface area contributed by atoms with Gasteiger partial charge >= 0.3 is 21.6 Å². The topological polar surface area (TPSA) is 145 Å². The summed E-state index contributed by atoms with van der Waals surface area (Å²) in [6.45, 7) is -1.49. The number of aromatic nitrogens is 2. The number of ether oxygens (including phenoxy) is 1. The van der Waals surface area contributed by atoms with Gasteiger partial charge < -0.3 is 14.0 Å². The fourth-order valence-corrected chi connectivity index (χ4v) is 4.52. The average Bonchev–Trinajstić information content (AvgIpc) is 3.13. The molecule has 2 aromatic heterocycles. The Hall–Kier alpha value is -3.44. The normalized spacial score (nSPS) is 12.5. The summed E-state index contributed by atoms with van der Waals surface area (Å²) in [5.74, 6) is -2.79. The molecule has 0 amide bonds. The van der Waals surface area contributed by atoms with Gasteiger partial charge in [-0.25, -0.2) is 22.1 Å².